The minimum absolute atomic E-state index is 0. The number of aliphatic imine (C=N–C) groups is 1. The first-order valence-corrected chi connectivity index (χ1v) is 8.20. The highest BCUT2D eigenvalue weighted by molar-refractivity contribution is 14.0. The first-order chi connectivity index (χ1) is 9.88. The molecule has 2 heterocycles. The summed E-state index contributed by atoms with van der Waals surface area (Å²) in [7, 11) is 0. The van der Waals surface area contributed by atoms with Crippen molar-refractivity contribution in [3.05, 3.63) is 11.6 Å². The summed E-state index contributed by atoms with van der Waals surface area (Å²) in [5.41, 5.74) is 1.99. The van der Waals surface area contributed by atoms with E-state index in [1.54, 1.807) is 0 Å². The maximum absolute atomic E-state index is 5.35. The second-order valence-corrected chi connectivity index (χ2v) is 7.20. The van der Waals surface area contributed by atoms with E-state index < -0.39 is 0 Å². The summed E-state index contributed by atoms with van der Waals surface area (Å²) in [5, 5.41) is 3.45. The number of hydrogen-bond acceptors (Lipinski definition) is 2. The molecule has 0 unspecified atom stereocenters. The van der Waals surface area contributed by atoms with Crippen molar-refractivity contribution in [2.24, 2.45) is 10.4 Å². The van der Waals surface area contributed by atoms with Gasteiger partial charge in [-0.05, 0) is 33.6 Å². The molecule has 2 rings (SSSR count). The van der Waals surface area contributed by atoms with E-state index in [1.807, 2.05) is 0 Å². The Morgan fingerprint density at radius 2 is 2.09 bits per heavy atom. The zero-order valence-corrected chi connectivity index (χ0v) is 17.1. The maximum Gasteiger partial charge on any atom is 0.194 e. The van der Waals surface area contributed by atoms with Crippen LogP contribution in [0.5, 0.6) is 0 Å². The van der Waals surface area contributed by atoms with Crippen LogP contribution in [0.2, 0.25) is 0 Å². The predicted molar refractivity (Wildman–Crippen MR) is 104 cm³/mol. The van der Waals surface area contributed by atoms with Crippen molar-refractivity contribution < 1.29 is 4.74 Å². The molecule has 0 radical (unpaired) electrons. The van der Waals surface area contributed by atoms with Crippen LogP contribution in [-0.4, -0.2) is 49.2 Å². The molecule has 0 bridgehead atoms. The normalized spacial score (nSPS) is 23.2. The van der Waals surface area contributed by atoms with Gasteiger partial charge in [-0.1, -0.05) is 25.5 Å². The SMILES string of the molecule is CCNC(=NCCC1=CCOCC1)N1CC(C)(C)C1(C)C.I. The lowest BCUT2D eigenvalue weighted by Crippen LogP contribution is -2.72. The van der Waals surface area contributed by atoms with Crippen molar-refractivity contribution >= 4 is 29.9 Å². The molecule has 0 saturated carbocycles. The van der Waals surface area contributed by atoms with E-state index in [0.29, 0.717) is 5.41 Å². The number of likely N-dealkylation sites (tertiary alicyclic amines) is 1. The smallest absolute Gasteiger partial charge is 0.194 e. The molecule has 0 atom stereocenters. The summed E-state index contributed by atoms with van der Waals surface area (Å²) in [4.78, 5) is 7.25. The molecule has 0 amide bonds. The quantitative estimate of drug-likeness (QED) is 0.327. The lowest BCUT2D eigenvalue weighted by molar-refractivity contribution is -0.0667. The van der Waals surface area contributed by atoms with E-state index in [9.17, 15) is 0 Å². The number of halogens is 1. The first kappa shape index (κ1) is 19.7. The highest BCUT2D eigenvalue weighted by Gasteiger charge is 2.53. The number of nitrogens with zero attached hydrogens (tertiary/aromatic N) is 2. The summed E-state index contributed by atoms with van der Waals surface area (Å²) >= 11 is 0. The average Bonchev–Trinajstić information content (AvgIpc) is 2.45. The van der Waals surface area contributed by atoms with E-state index in [0.717, 1.165) is 51.6 Å². The largest absolute Gasteiger partial charge is 0.377 e. The fourth-order valence-corrected chi connectivity index (χ4v) is 2.89. The van der Waals surface area contributed by atoms with Crippen molar-refractivity contribution in [1.82, 2.24) is 10.2 Å². The molecule has 2 aliphatic rings. The van der Waals surface area contributed by atoms with Gasteiger partial charge < -0.3 is 15.0 Å². The van der Waals surface area contributed by atoms with E-state index >= 15 is 0 Å². The van der Waals surface area contributed by atoms with Crippen LogP contribution in [0.15, 0.2) is 16.6 Å². The summed E-state index contributed by atoms with van der Waals surface area (Å²) in [6.45, 7) is 15.9. The molecule has 0 aromatic rings. The van der Waals surface area contributed by atoms with E-state index in [-0.39, 0.29) is 29.5 Å². The minimum Gasteiger partial charge on any atom is -0.377 e. The molecular weight excluding hydrogens is 389 g/mol. The van der Waals surface area contributed by atoms with Crippen molar-refractivity contribution in [2.75, 3.05) is 32.8 Å². The third-order valence-corrected chi connectivity index (χ3v) is 5.23. The van der Waals surface area contributed by atoms with Gasteiger partial charge in [0.05, 0.1) is 13.2 Å². The Labute approximate surface area is 152 Å². The van der Waals surface area contributed by atoms with Crippen molar-refractivity contribution in [1.29, 1.82) is 0 Å². The molecule has 0 spiro atoms. The second-order valence-electron chi connectivity index (χ2n) is 7.20. The molecule has 128 valence electrons. The van der Waals surface area contributed by atoms with Gasteiger partial charge in [0.15, 0.2) is 5.96 Å². The number of nitrogens with one attached hydrogen (secondary N) is 1. The number of rotatable bonds is 4. The third-order valence-electron chi connectivity index (χ3n) is 5.23. The fraction of sp³-hybridized carbons (Fsp3) is 0.824. The molecule has 4 nitrogen and oxygen atoms in total. The van der Waals surface area contributed by atoms with E-state index in [2.05, 4.69) is 50.9 Å². The van der Waals surface area contributed by atoms with Gasteiger partial charge in [-0.3, -0.25) is 4.99 Å². The van der Waals surface area contributed by atoms with Gasteiger partial charge in [-0.25, -0.2) is 0 Å². The number of hydrogen-bond donors (Lipinski definition) is 1. The Morgan fingerprint density at radius 1 is 1.36 bits per heavy atom. The molecular formula is C17H32IN3O. The van der Waals surface area contributed by atoms with Gasteiger partial charge in [-0.2, -0.15) is 0 Å². The molecule has 5 heteroatoms. The monoisotopic (exact) mass is 421 g/mol. The van der Waals surface area contributed by atoms with E-state index in [1.165, 1.54) is 5.57 Å². The Balaban J connectivity index is 0.00000242. The van der Waals surface area contributed by atoms with Gasteiger partial charge in [0.25, 0.3) is 0 Å². The van der Waals surface area contributed by atoms with Gasteiger partial charge in [0.1, 0.15) is 0 Å². The molecule has 0 aliphatic carbocycles. The van der Waals surface area contributed by atoms with Crippen LogP contribution in [0.4, 0.5) is 0 Å². The van der Waals surface area contributed by atoms with Crippen LogP contribution < -0.4 is 5.32 Å². The number of ether oxygens (including phenoxy) is 1. The maximum atomic E-state index is 5.35. The van der Waals surface area contributed by atoms with Crippen LogP contribution >= 0.6 is 24.0 Å². The van der Waals surface area contributed by atoms with Crippen LogP contribution in [0, 0.1) is 5.41 Å². The van der Waals surface area contributed by atoms with Gasteiger partial charge in [0.2, 0.25) is 0 Å². The van der Waals surface area contributed by atoms with Crippen LogP contribution in [-0.2, 0) is 4.74 Å². The molecule has 0 aromatic carbocycles. The summed E-state index contributed by atoms with van der Waals surface area (Å²) in [6.07, 6.45) is 4.33. The Kier molecular flexibility index (Phi) is 7.18. The minimum atomic E-state index is 0. The van der Waals surface area contributed by atoms with Gasteiger partial charge in [-0.15, -0.1) is 24.0 Å². The number of guanidine groups is 1. The molecule has 22 heavy (non-hydrogen) atoms. The van der Waals surface area contributed by atoms with Crippen molar-refractivity contribution in [2.45, 2.75) is 53.0 Å². The van der Waals surface area contributed by atoms with E-state index in [4.69, 9.17) is 9.73 Å². The average molecular weight is 421 g/mol. The van der Waals surface area contributed by atoms with Gasteiger partial charge in [0, 0.05) is 30.6 Å². The zero-order valence-electron chi connectivity index (χ0n) is 14.7. The highest BCUT2D eigenvalue weighted by atomic mass is 127. The molecule has 2 aliphatic heterocycles. The Hall–Kier alpha value is -0.300. The Morgan fingerprint density at radius 3 is 2.59 bits per heavy atom. The predicted octanol–water partition coefficient (Wildman–Crippen LogP) is 3.43. The van der Waals surface area contributed by atoms with Crippen molar-refractivity contribution in [3.8, 4) is 0 Å². The standard InChI is InChI=1S/C17H31N3O.HI/c1-6-18-15(20-13-16(2,3)17(20,4)5)19-10-7-14-8-11-21-12-9-14;/h8H,6-7,9-13H2,1-5H3,(H,18,19);1H. The summed E-state index contributed by atoms with van der Waals surface area (Å²) < 4.78 is 5.35. The Bertz CT molecular complexity index is 430. The highest BCUT2D eigenvalue weighted by Crippen LogP contribution is 2.46. The molecule has 1 N–H and O–H groups in total. The lowest BCUT2D eigenvalue weighted by atomic mass is 9.65. The van der Waals surface area contributed by atoms with Crippen LogP contribution in [0.25, 0.3) is 0 Å². The molecule has 0 aromatic heterocycles. The van der Waals surface area contributed by atoms with Gasteiger partial charge >= 0.3 is 0 Å². The lowest BCUT2D eigenvalue weighted by Gasteiger charge is -2.62. The second kappa shape index (κ2) is 7.99. The third kappa shape index (κ3) is 4.16. The molecule has 1 saturated heterocycles. The van der Waals surface area contributed by atoms with Crippen molar-refractivity contribution in [3.63, 3.8) is 0 Å². The molecule has 1 fully saturated rings. The zero-order chi connectivity index (χ0) is 15.5. The van der Waals surface area contributed by atoms with Crippen LogP contribution in [0.1, 0.15) is 47.5 Å². The topological polar surface area (TPSA) is 36.9 Å². The summed E-state index contributed by atoms with van der Waals surface area (Å²) in [6, 6.07) is 0. The summed E-state index contributed by atoms with van der Waals surface area (Å²) in [5.74, 6) is 1.06. The fourth-order valence-electron chi connectivity index (χ4n) is 2.89. The van der Waals surface area contributed by atoms with Crippen LogP contribution in [0.3, 0.4) is 0 Å². The first-order valence-electron chi connectivity index (χ1n) is 8.20.